The number of fused-ring (bicyclic) bond motifs is 1. The summed E-state index contributed by atoms with van der Waals surface area (Å²) in [6.07, 6.45) is 7.51. The van der Waals surface area contributed by atoms with Gasteiger partial charge in [-0.2, -0.15) is 0 Å². The van der Waals surface area contributed by atoms with Crippen molar-refractivity contribution in [3.05, 3.63) is 73.1 Å². The van der Waals surface area contributed by atoms with Gasteiger partial charge in [0.1, 0.15) is 24.5 Å². The Hall–Kier alpha value is -4.03. The van der Waals surface area contributed by atoms with Crippen molar-refractivity contribution >= 4 is 36.4 Å². The molecule has 2 aliphatic rings. The number of anilines is 2. The van der Waals surface area contributed by atoms with Gasteiger partial charge in [0.05, 0.1) is 11.1 Å². The molecule has 10 nitrogen and oxygen atoms in total. The molecule has 48 heavy (non-hydrogen) atoms. The first-order valence-corrected chi connectivity index (χ1v) is 20.8. The quantitative estimate of drug-likeness (QED) is 0.0922. The fourth-order valence-electron chi connectivity index (χ4n) is 5.86. The monoisotopic (exact) mass is 667 g/mol. The first-order chi connectivity index (χ1) is 23.1. The lowest BCUT2D eigenvalue weighted by Crippen LogP contribution is -2.44. The Morgan fingerprint density at radius 2 is 1.81 bits per heavy atom. The lowest BCUT2D eigenvalue weighted by Gasteiger charge is -2.34. The zero-order chi connectivity index (χ0) is 33.7. The third-order valence-corrected chi connectivity index (χ3v) is 10.8. The minimum atomic E-state index is -1.24. The minimum Gasteiger partial charge on any atom is -0.438 e. The molecule has 1 N–H and O–H groups in total. The molecule has 0 unspecified atom stereocenters. The highest BCUT2D eigenvalue weighted by Gasteiger charge is 2.25. The molecule has 3 heterocycles. The highest BCUT2D eigenvalue weighted by atomic mass is 28.3. The molecule has 11 heteroatoms. The topological polar surface area (TPSA) is 88.0 Å². The van der Waals surface area contributed by atoms with E-state index in [1.54, 1.807) is 6.08 Å². The molecule has 0 radical (unpaired) electrons. The third kappa shape index (κ3) is 8.90. The van der Waals surface area contributed by atoms with Crippen LogP contribution in [0.4, 0.5) is 11.4 Å². The molecule has 1 saturated carbocycles. The highest BCUT2D eigenvalue weighted by molar-refractivity contribution is 6.76. The van der Waals surface area contributed by atoms with Gasteiger partial charge in [-0.15, -0.1) is 0 Å². The SMILES string of the molecule is CN1CCN(c2ccc(-c3cc4c(Oc5cccc(NC(=O)/C=C/CN(C)C6CC6)c5)ncnc4n3COCC[Si](C)(C)C)cc2)CC1. The summed E-state index contributed by atoms with van der Waals surface area (Å²) >= 11 is 0. The van der Waals surface area contributed by atoms with Gasteiger partial charge in [-0.3, -0.25) is 9.69 Å². The van der Waals surface area contributed by atoms with Crippen molar-refractivity contribution in [3.8, 4) is 22.9 Å². The minimum absolute atomic E-state index is 0.171. The molecule has 4 aromatic rings. The van der Waals surface area contributed by atoms with E-state index in [4.69, 9.17) is 9.47 Å². The Bertz CT molecular complexity index is 1720. The number of carbonyl (C=O) groups is 1. The van der Waals surface area contributed by atoms with Crippen LogP contribution in [-0.2, 0) is 16.3 Å². The summed E-state index contributed by atoms with van der Waals surface area (Å²) in [6.45, 7) is 13.1. The van der Waals surface area contributed by atoms with Crippen LogP contribution in [0.5, 0.6) is 11.6 Å². The third-order valence-electron chi connectivity index (χ3n) is 9.05. The normalized spacial score (nSPS) is 15.9. The average Bonchev–Trinajstić information content (AvgIpc) is 3.85. The van der Waals surface area contributed by atoms with Crippen LogP contribution >= 0.6 is 0 Å². The lowest BCUT2D eigenvalue weighted by atomic mass is 10.1. The van der Waals surface area contributed by atoms with E-state index in [9.17, 15) is 4.79 Å². The molecule has 0 spiro atoms. The van der Waals surface area contributed by atoms with Crippen LogP contribution < -0.4 is 15.0 Å². The molecule has 1 aliphatic carbocycles. The Morgan fingerprint density at radius 3 is 2.54 bits per heavy atom. The molecule has 2 aromatic carbocycles. The Kier molecular flexibility index (Phi) is 10.6. The zero-order valence-electron chi connectivity index (χ0n) is 29.0. The second-order valence-corrected chi connectivity index (χ2v) is 19.9. The number of rotatable bonds is 14. The summed E-state index contributed by atoms with van der Waals surface area (Å²) in [5.74, 6) is 0.848. The van der Waals surface area contributed by atoms with Crippen LogP contribution in [0.2, 0.25) is 25.7 Å². The van der Waals surface area contributed by atoms with Gasteiger partial charge in [-0.05, 0) is 68.9 Å². The van der Waals surface area contributed by atoms with Gasteiger partial charge in [-0.1, -0.05) is 43.9 Å². The van der Waals surface area contributed by atoms with Crippen molar-refractivity contribution < 1.29 is 14.3 Å². The number of likely N-dealkylation sites (N-methyl/N-ethyl adjacent to an activating group) is 2. The summed E-state index contributed by atoms with van der Waals surface area (Å²) in [5, 5.41) is 3.74. The maximum absolute atomic E-state index is 12.6. The number of ether oxygens (including phenoxy) is 2. The van der Waals surface area contributed by atoms with Gasteiger partial charge in [-0.25, -0.2) is 9.97 Å². The zero-order valence-corrected chi connectivity index (χ0v) is 30.0. The van der Waals surface area contributed by atoms with Crippen LogP contribution in [0, 0.1) is 0 Å². The second-order valence-electron chi connectivity index (χ2n) is 14.3. The molecular weight excluding hydrogens is 619 g/mol. The largest absolute Gasteiger partial charge is 0.438 e. The van der Waals surface area contributed by atoms with E-state index in [0.717, 1.165) is 61.1 Å². The van der Waals surface area contributed by atoms with Gasteiger partial charge in [0.2, 0.25) is 11.8 Å². The molecular formula is C37H49N7O3Si. The van der Waals surface area contributed by atoms with E-state index in [1.807, 2.05) is 30.3 Å². The van der Waals surface area contributed by atoms with Crippen LogP contribution in [-0.4, -0.2) is 97.8 Å². The number of hydrogen-bond donors (Lipinski definition) is 1. The Morgan fingerprint density at radius 1 is 1.04 bits per heavy atom. The number of aromatic nitrogens is 3. The van der Waals surface area contributed by atoms with E-state index in [2.05, 4.69) is 98.6 Å². The number of piperazine rings is 1. The summed E-state index contributed by atoms with van der Waals surface area (Å²) in [5.41, 5.74) is 4.70. The van der Waals surface area contributed by atoms with Crippen molar-refractivity contribution in [2.45, 2.75) is 51.3 Å². The van der Waals surface area contributed by atoms with Gasteiger partial charge < -0.3 is 29.2 Å². The molecule has 1 aliphatic heterocycles. The van der Waals surface area contributed by atoms with Gasteiger partial charge in [0.15, 0.2) is 0 Å². The van der Waals surface area contributed by atoms with E-state index in [0.29, 0.717) is 36.7 Å². The van der Waals surface area contributed by atoms with Gasteiger partial charge >= 0.3 is 0 Å². The van der Waals surface area contributed by atoms with E-state index in [1.165, 1.54) is 24.9 Å². The molecule has 1 amide bonds. The van der Waals surface area contributed by atoms with Gasteiger partial charge in [0, 0.05) is 77.0 Å². The molecule has 1 saturated heterocycles. The molecule has 0 bridgehead atoms. The highest BCUT2D eigenvalue weighted by Crippen LogP contribution is 2.35. The first kappa shape index (κ1) is 33.9. The molecule has 254 valence electrons. The Labute approximate surface area is 285 Å². The maximum atomic E-state index is 12.6. The number of benzene rings is 2. The van der Waals surface area contributed by atoms with Crippen molar-refractivity contribution in [2.75, 3.05) is 63.6 Å². The van der Waals surface area contributed by atoms with E-state index >= 15 is 0 Å². The fraction of sp³-hybridized carbons (Fsp3) is 0.432. The molecule has 2 aromatic heterocycles. The molecule has 6 rings (SSSR count). The number of nitrogens with one attached hydrogen (secondary N) is 1. The number of amides is 1. The first-order valence-electron chi connectivity index (χ1n) is 17.0. The summed E-state index contributed by atoms with van der Waals surface area (Å²) in [4.78, 5) is 28.9. The van der Waals surface area contributed by atoms with Crippen LogP contribution in [0.3, 0.4) is 0 Å². The lowest BCUT2D eigenvalue weighted by molar-refractivity contribution is -0.111. The summed E-state index contributed by atoms with van der Waals surface area (Å²) < 4.78 is 14.7. The molecule has 0 atom stereocenters. The summed E-state index contributed by atoms with van der Waals surface area (Å²) in [7, 11) is 3.03. The van der Waals surface area contributed by atoms with Crippen LogP contribution in [0.1, 0.15) is 12.8 Å². The summed E-state index contributed by atoms with van der Waals surface area (Å²) in [6, 6.07) is 20.0. The predicted octanol–water partition coefficient (Wildman–Crippen LogP) is 6.54. The second kappa shape index (κ2) is 15.0. The van der Waals surface area contributed by atoms with E-state index in [-0.39, 0.29) is 5.91 Å². The number of hydrogen-bond acceptors (Lipinski definition) is 8. The number of carbonyl (C=O) groups excluding carboxylic acids is 1. The van der Waals surface area contributed by atoms with E-state index < -0.39 is 8.07 Å². The van der Waals surface area contributed by atoms with Crippen molar-refractivity contribution in [1.29, 1.82) is 0 Å². The standard InChI is InChI=1S/C37H49N7O3Si/c1-41-18-20-43(21-19-41)31-13-11-28(12-14-31)34-25-33-36(44(34)27-46-22-23-48(3,4)5)38-26-39-37(33)47-32-9-6-8-29(24-32)40-35(45)10-7-17-42(2)30-15-16-30/h6-14,24-26,30H,15-23,27H2,1-5H3,(H,40,45)/b10-7+. The maximum Gasteiger partial charge on any atom is 0.248 e. The Balaban J connectivity index is 1.22. The number of nitrogens with zero attached hydrogens (tertiary/aromatic N) is 6. The smallest absolute Gasteiger partial charge is 0.248 e. The van der Waals surface area contributed by atoms with Crippen molar-refractivity contribution in [3.63, 3.8) is 0 Å². The predicted molar refractivity (Wildman–Crippen MR) is 197 cm³/mol. The van der Waals surface area contributed by atoms with Gasteiger partial charge in [0.25, 0.3) is 0 Å². The average molecular weight is 668 g/mol. The van der Waals surface area contributed by atoms with Crippen molar-refractivity contribution in [2.24, 2.45) is 0 Å². The van der Waals surface area contributed by atoms with Crippen LogP contribution in [0.25, 0.3) is 22.3 Å². The van der Waals surface area contributed by atoms with Crippen LogP contribution in [0.15, 0.2) is 73.1 Å². The van der Waals surface area contributed by atoms with Crippen molar-refractivity contribution in [1.82, 2.24) is 24.3 Å². The molecule has 2 fully saturated rings. The fourth-order valence-corrected chi connectivity index (χ4v) is 6.61.